The number of hydrogen-bond donors (Lipinski definition) is 0. The molecule has 29 heavy (non-hydrogen) atoms. The van der Waals surface area contributed by atoms with Gasteiger partial charge in [-0.05, 0) is 43.2 Å². The molecule has 1 heterocycles. The third-order valence-corrected chi connectivity index (χ3v) is 4.91. The molecule has 3 rings (SSSR count). The number of nitrogens with zero attached hydrogens (tertiary/aromatic N) is 2. The highest BCUT2D eigenvalue weighted by molar-refractivity contribution is 5.77. The van der Waals surface area contributed by atoms with E-state index in [9.17, 15) is 13.6 Å². The van der Waals surface area contributed by atoms with Crippen molar-refractivity contribution in [3.05, 3.63) is 54.1 Å². The van der Waals surface area contributed by atoms with Crippen molar-refractivity contribution in [2.75, 3.05) is 37.7 Å². The van der Waals surface area contributed by atoms with E-state index in [-0.39, 0.29) is 11.7 Å². The van der Waals surface area contributed by atoms with Crippen molar-refractivity contribution in [2.45, 2.75) is 26.4 Å². The van der Waals surface area contributed by atoms with E-state index < -0.39 is 6.61 Å². The molecule has 0 radical (unpaired) electrons. The SMILES string of the molecule is CCOc1ccccc1N1CCN(C(=O)CCc2ccc(OC(F)F)cc2)CC1. The zero-order chi connectivity index (χ0) is 20.6. The van der Waals surface area contributed by atoms with Crippen LogP contribution >= 0.6 is 0 Å². The maximum Gasteiger partial charge on any atom is 0.387 e. The fraction of sp³-hybridized carbons (Fsp3) is 0.409. The van der Waals surface area contributed by atoms with Gasteiger partial charge in [0.15, 0.2) is 0 Å². The third kappa shape index (κ3) is 5.82. The first kappa shape index (κ1) is 20.9. The number of rotatable bonds is 8. The molecule has 0 bridgehead atoms. The smallest absolute Gasteiger partial charge is 0.387 e. The van der Waals surface area contributed by atoms with Crippen LogP contribution in [0.3, 0.4) is 0 Å². The number of alkyl halides is 2. The van der Waals surface area contributed by atoms with E-state index >= 15 is 0 Å². The van der Waals surface area contributed by atoms with Crippen LogP contribution in [0.25, 0.3) is 0 Å². The summed E-state index contributed by atoms with van der Waals surface area (Å²) in [6.07, 6.45) is 0.964. The molecule has 1 aliphatic heterocycles. The molecule has 1 fully saturated rings. The minimum atomic E-state index is -2.83. The Kier molecular flexibility index (Phi) is 7.27. The largest absolute Gasteiger partial charge is 0.492 e. The van der Waals surface area contributed by atoms with Crippen molar-refractivity contribution < 1.29 is 23.0 Å². The Morgan fingerprint density at radius 3 is 2.38 bits per heavy atom. The van der Waals surface area contributed by atoms with Crippen LogP contribution in [-0.4, -0.2) is 50.2 Å². The average molecular weight is 404 g/mol. The van der Waals surface area contributed by atoms with Gasteiger partial charge in [-0.1, -0.05) is 24.3 Å². The van der Waals surface area contributed by atoms with Gasteiger partial charge in [-0.25, -0.2) is 0 Å². The number of amides is 1. The molecular weight excluding hydrogens is 378 g/mol. The van der Waals surface area contributed by atoms with E-state index in [4.69, 9.17) is 4.74 Å². The second-order valence-electron chi connectivity index (χ2n) is 6.79. The lowest BCUT2D eigenvalue weighted by atomic mass is 10.1. The molecule has 156 valence electrons. The monoisotopic (exact) mass is 404 g/mol. The summed E-state index contributed by atoms with van der Waals surface area (Å²) in [5.74, 6) is 1.10. The van der Waals surface area contributed by atoms with Crippen LogP contribution in [0.1, 0.15) is 18.9 Å². The molecule has 2 aromatic rings. The fourth-order valence-electron chi connectivity index (χ4n) is 3.44. The van der Waals surface area contributed by atoms with Gasteiger partial charge in [-0.15, -0.1) is 0 Å². The molecule has 1 saturated heterocycles. The maximum absolute atomic E-state index is 12.6. The minimum Gasteiger partial charge on any atom is -0.492 e. The molecule has 1 amide bonds. The number of aryl methyl sites for hydroxylation is 1. The highest BCUT2D eigenvalue weighted by Gasteiger charge is 2.22. The molecule has 5 nitrogen and oxygen atoms in total. The van der Waals surface area contributed by atoms with Gasteiger partial charge in [0.1, 0.15) is 11.5 Å². The molecule has 1 aliphatic rings. The van der Waals surface area contributed by atoms with Crippen molar-refractivity contribution in [2.24, 2.45) is 0 Å². The van der Waals surface area contributed by atoms with Gasteiger partial charge in [0.05, 0.1) is 12.3 Å². The number of carbonyl (C=O) groups is 1. The summed E-state index contributed by atoms with van der Waals surface area (Å²) in [7, 11) is 0. The molecule has 0 spiro atoms. The van der Waals surface area contributed by atoms with Gasteiger partial charge in [0, 0.05) is 32.6 Å². The summed E-state index contributed by atoms with van der Waals surface area (Å²) in [5, 5.41) is 0. The van der Waals surface area contributed by atoms with E-state index in [1.807, 2.05) is 36.1 Å². The summed E-state index contributed by atoms with van der Waals surface area (Å²) in [4.78, 5) is 16.7. The molecule has 0 unspecified atom stereocenters. The van der Waals surface area contributed by atoms with E-state index in [0.29, 0.717) is 32.5 Å². The minimum absolute atomic E-state index is 0.107. The van der Waals surface area contributed by atoms with Gasteiger partial charge in [-0.2, -0.15) is 8.78 Å². The Bertz CT molecular complexity index is 791. The van der Waals surface area contributed by atoms with Crippen LogP contribution in [0, 0.1) is 0 Å². The number of halogens is 2. The lowest BCUT2D eigenvalue weighted by Gasteiger charge is -2.36. The maximum atomic E-state index is 12.6. The lowest BCUT2D eigenvalue weighted by Crippen LogP contribution is -2.49. The Morgan fingerprint density at radius 1 is 1.03 bits per heavy atom. The Morgan fingerprint density at radius 2 is 1.72 bits per heavy atom. The van der Waals surface area contributed by atoms with Crippen LogP contribution in [0.15, 0.2) is 48.5 Å². The van der Waals surface area contributed by atoms with E-state index in [1.54, 1.807) is 12.1 Å². The Labute approximate surface area is 169 Å². The number of anilines is 1. The molecule has 0 atom stereocenters. The highest BCUT2D eigenvalue weighted by Crippen LogP contribution is 2.29. The molecule has 0 N–H and O–H groups in total. The predicted octanol–water partition coefficient (Wildman–Crippen LogP) is 3.97. The van der Waals surface area contributed by atoms with Gasteiger partial charge in [-0.3, -0.25) is 4.79 Å². The number of hydrogen-bond acceptors (Lipinski definition) is 4. The first-order valence-corrected chi connectivity index (χ1v) is 9.85. The Hall–Kier alpha value is -2.83. The number of benzene rings is 2. The van der Waals surface area contributed by atoms with E-state index in [1.165, 1.54) is 12.1 Å². The topological polar surface area (TPSA) is 42.0 Å². The molecular formula is C22H26F2N2O3. The first-order valence-electron chi connectivity index (χ1n) is 9.85. The molecule has 2 aromatic carbocycles. The number of piperazine rings is 1. The molecule has 0 aromatic heterocycles. The van der Waals surface area contributed by atoms with Crippen LogP contribution < -0.4 is 14.4 Å². The summed E-state index contributed by atoms with van der Waals surface area (Å²) >= 11 is 0. The first-order chi connectivity index (χ1) is 14.1. The summed E-state index contributed by atoms with van der Waals surface area (Å²) in [6, 6.07) is 14.4. The normalized spacial score (nSPS) is 14.2. The van der Waals surface area contributed by atoms with Crippen molar-refractivity contribution in [3.63, 3.8) is 0 Å². The van der Waals surface area contributed by atoms with E-state index in [0.717, 1.165) is 30.1 Å². The lowest BCUT2D eigenvalue weighted by molar-refractivity contribution is -0.131. The summed E-state index contributed by atoms with van der Waals surface area (Å²) < 4.78 is 34.4. The predicted molar refractivity (Wildman–Crippen MR) is 108 cm³/mol. The number of ether oxygens (including phenoxy) is 2. The van der Waals surface area contributed by atoms with Gasteiger partial charge >= 0.3 is 6.61 Å². The molecule has 0 saturated carbocycles. The van der Waals surface area contributed by atoms with Crippen molar-refractivity contribution >= 4 is 11.6 Å². The fourth-order valence-corrected chi connectivity index (χ4v) is 3.44. The Balaban J connectivity index is 1.48. The molecule has 0 aliphatic carbocycles. The van der Waals surface area contributed by atoms with Gasteiger partial charge in [0.25, 0.3) is 0 Å². The standard InChI is InChI=1S/C22H26F2N2O3/c1-2-28-20-6-4-3-5-19(20)25-13-15-26(16-14-25)21(27)12-9-17-7-10-18(11-8-17)29-22(23)24/h3-8,10-11,22H,2,9,12-16H2,1H3. The van der Waals surface area contributed by atoms with Crippen LogP contribution in [0.2, 0.25) is 0 Å². The van der Waals surface area contributed by atoms with Crippen LogP contribution in [0.4, 0.5) is 14.5 Å². The molecule has 7 heteroatoms. The van der Waals surface area contributed by atoms with Crippen LogP contribution in [0.5, 0.6) is 11.5 Å². The van der Waals surface area contributed by atoms with Crippen molar-refractivity contribution in [3.8, 4) is 11.5 Å². The second-order valence-corrected chi connectivity index (χ2v) is 6.79. The quantitative estimate of drug-likeness (QED) is 0.668. The summed E-state index contributed by atoms with van der Waals surface area (Å²) in [6.45, 7) is 2.60. The number of para-hydroxylation sites is 2. The van der Waals surface area contributed by atoms with Crippen LogP contribution in [-0.2, 0) is 11.2 Å². The van der Waals surface area contributed by atoms with Crippen molar-refractivity contribution in [1.82, 2.24) is 4.90 Å². The van der Waals surface area contributed by atoms with Gasteiger partial charge in [0.2, 0.25) is 5.91 Å². The van der Waals surface area contributed by atoms with E-state index in [2.05, 4.69) is 9.64 Å². The third-order valence-electron chi connectivity index (χ3n) is 4.91. The van der Waals surface area contributed by atoms with Crippen molar-refractivity contribution in [1.29, 1.82) is 0 Å². The zero-order valence-corrected chi connectivity index (χ0v) is 16.5. The second kappa shape index (κ2) is 10.1. The van der Waals surface area contributed by atoms with Gasteiger partial charge < -0.3 is 19.3 Å². The number of carbonyl (C=O) groups excluding carboxylic acids is 1. The average Bonchev–Trinajstić information content (AvgIpc) is 2.73. The summed E-state index contributed by atoms with van der Waals surface area (Å²) in [5.41, 5.74) is 1.98. The highest BCUT2D eigenvalue weighted by atomic mass is 19.3. The zero-order valence-electron chi connectivity index (χ0n) is 16.5.